The topological polar surface area (TPSA) is 63.2 Å². The highest BCUT2D eigenvalue weighted by Gasteiger charge is 2.21. The summed E-state index contributed by atoms with van der Waals surface area (Å²) < 4.78 is 25.6. The highest BCUT2D eigenvalue weighted by molar-refractivity contribution is 7.99. The van der Waals surface area contributed by atoms with Gasteiger partial charge in [0, 0.05) is 34.5 Å². The van der Waals surface area contributed by atoms with Crippen LogP contribution in [0.4, 0.5) is 0 Å². The van der Waals surface area contributed by atoms with Crippen LogP contribution in [0.2, 0.25) is 0 Å². The van der Waals surface area contributed by atoms with E-state index in [0.717, 1.165) is 24.3 Å². The van der Waals surface area contributed by atoms with Gasteiger partial charge in [0.2, 0.25) is 5.91 Å². The van der Waals surface area contributed by atoms with Crippen LogP contribution in [-0.2, 0) is 26.1 Å². The van der Waals surface area contributed by atoms with Gasteiger partial charge in [0.15, 0.2) is 9.84 Å². The van der Waals surface area contributed by atoms with Crippen LogP contribution in [0, 0.1) is 5.92 Å². The van der Waals surface area contributed by atoms with Crippen LogP contribution < -0.4 is 5.32 Å². The summed E-state index contributed by atoms with van der Waals surface area (Å²) >= 11 is 3.52. The maximum absolute atomic E-state index is 13.5. The van der Waals surface area contributed by atoms with Crippen molar-refractivity contribution in [1.29, 1.82) is 0 Å². The first-order valence-electron chi connectivity index (χ1n) is 13.0. The molecule has 202 valence electrons. The van der Waals surface area contributed by atoms with E-state index in [1.165, 1.54) is 16.5 Å². The molecule has 0 aliphatic carbocycles. The van der Waals surface area contributed by atoms with Gasteiger partial charge >= 0.3 is 0 Å². The molecule has 3 aromatic rings. The maximum atomic E-state index is 13.5. The Hall–Kier alpha value is -2.48. The van der Waals surface area contributed by atoms with Crippen molar-refractivity contribution >= 4 is 39.3 Å². The standard InChI is InChI=1S/C31H37NO3S3/c1-2-3-17-29(20-21-38(34,35)30-18-11-6-12-19-30)32-31(33)28(24-36-22-26-13-7-4-8-14-26)25-37-23-27-15-9-5-10-16-27/h4-16,18-21,28-29H,2-3,17,22-25H2,1H3,(H,32,33)/t29-/m0/s1. The summed E-state index contributed by atoms with van der Waals surface area (Å²) in [7, 11) is -3.57. The van der Waals surface area contributed by atoms with Gasteiger partial charge in [-0.15, -0.1) is 0 Å². The molecule has 0 saturated heterocycles. The molecule has 0 radical (unpaired) electrons. The lowest BCUT2D eigenvalue weighted by atomic mass is 10.1. The molecule has 38 heavy (non-hydrogen) atoms. The Kier molecular flexibility index (Phi) is 13.0. The molecule has 4 nitrogen and oxygen atoms in total. The van der Waals surface area contributed by atoms with Gasteiger partial charge in [0.1, 0.15) is 0 Å². The lowest BCUT2D eigenvalue weighted by molar-refractivity contribution is -0.124. The van der Waals surface area contributed by atoms with E-state index in [2.05, 4.69) is 36.5 Å². The third-order valence-corrected chi connectivity index (χ3v) is 9.79. The van der Waals surface area contributed by atoms with Crippen LogP contribution in [-0.4, -0.2) is 31.9 Å². The normalized spacial score (nSPS) is 12.6. The zero-order chi connectivity index (χ0) is 27.1. The highest BCUT2D eigenvalue weighted by Crippen LogP contribution is 2.22. The van der Waals surface area contributed by atoms with Crippen molar-refractivity contribution in [2.24, 2.45) is 5.92 Å². The van der Waals surface area contributed by atoms with Gasteiger partial charge in [-0.25, -0.2) is 8.42 Å². The van der Waals surface area contributed by atoms with Crippen molar-refractivity contribution in [3.63, 3.8) is 0 Å². The summed E-state index contributed by atoms with van der Waals surface area (Å²) in [6.07, 6.45) is 4.21. The average Bonchev–Trinajstić information content (AvgIpc) is 2.95. The molecule has 3 aromatic carbocycles. The molecule has 0 heterocycles. The minimum absolute atomic E-state index is 0.0195. The van der Waals surface area contributed by atoms with Crippen LogP contribution in [0.1, 0.15) is 37.3 Å². The Morgan fingerprint density at radius 1 is 0.816 bits per heavy atom. The van der Waals surface area contributed by atoms with Crippen LogP contribution >= 0.6 is 23.5 Å². The summed E-state index contributed by atoms with van der Waals surface area (Å²) in [5.41, 5.74) is 2.48. The second kappa shape index (κ2) is 16.5. The number of hydrogen-bond acceptors (Lipinski definition) is 5. The van der Waals surface area contributed by atoms with Gasteiger partial charge in [-0.05, 0) is 29.7 Å². The van der Waals surface area contributed by atoms with Crippen molar-refractivity contribution in [2.45, 2.75) is 48.6 Å². The smallest absolute Gasteiger partial charge is 0.225 e. The molecule has 0 saturated carbocycles. The third kappa shape index (κ3) is 10.7. The molecule has 0 fully saturated rings. The fourth-order valence-corrected chi connectivity index (χ4v) is 7.25. The van der Waals surface area contributed by atoms with Crippen LogP contribution in [0.25, 0.3) is 0 Å². The molecule has 0 unspecified atom stereocenters. The summed E-state index contributed by atoms with van der Waals surface area (Å²) in [6.45, 7) is 2.09. The molecular formula is C31H37NO3S3. The van der Waals surface area contributed by atoms with Crippen molar-refractivity contribution in [2.75, 3.05) is 11.5 Å². The predicted molar refractivity (Wildman–Crippen MR) is 163 cm³/mol. The number of benzene rings is 3. The number of unbranched alkanes of at least 4 members (excludes halogenated alkanes) is 1. The van der Waals surface area contributed by atoms with E-state index in [4.69, 9.17) is 0 Å². The summed E-state index contributed by atoms with van der Waals surface area (Å²) in [6, 6.07) is 28.6. The van der Waals surface area contributed by atoms with Crippen LogP contribution in [0.15, 0.2) is 107 Å². The fourth-order valence-electron chi connectivity index (χ4n) is 3.81. The first-order chi connectivity index (χ1) is 18.5. The van der Waals surface area contributed by atoms with E-state index in [1.54, 1.807) is 59.9 Å². The Morgan fingerprint density at radius 3 is 1.82 bits per heavy atom. The lowest BCUT2D eigenvalue weighted by Gasteiger charge is -2.21. The Labute approximate surface area is 236 Å². The van der Waals surface area contributed by atoms with E-state index in [9.17, 15) is 13.2 Å². The molecule has 1 amide bonds. The molecule has 0 aromatic heterocycles. The number of amides is 1. The minimum atomic E-state index is -3.57. The second-order valence-electron chi connectivity index (χ2n) is 9.14. The monoisotopic (exact) mass is 567 g/mol. The lowest BCUT2D eigenvalue weighted by Crippen LogP contribution is -2.40. The Bertz CT molecular complexity index is 1170. The van der Waals surface area contributed by atoms with Crippen molar-refractivity contribution in [1.82, 2.24) is 5.32 Å². The number of nitrogens with one attached hydrogen (secondary N) is 1. The quantitative estimate of drug-likeness (QED) is 0.199. The average molecular weight is 568 g/mol. The van der Waals surface area contributed by atoms with E-state index < -0.39 is 9.84 Å². The van der Waals surface area contributed by atoms with Crippen molar-refractivity contribution in [3.05, 3.63) is 114 Å². The summed E-state index contributed by atoms with van der Waals surface area (Å²) in [4.78, 5) is 13.7. The molecule has 0 aliphatic heterocycles. The molecule has 1 N–H and O–H groups in total. The minimum Gasteiger partial charge on any atom is -0.350 e. The molecule has 3 rings (SSSR count). The molecule has 1 atom stereocenters. The van der Waals surface area contributed by atoms with Gasteiger partial charge in [-0.1, -0.05) is 105 Å². The summed E-state index contributed by atoms with van der Waals surface area (Å²) in [5, 5.41) is 4.40. The SMILES string of the molecule is CCCC[C@@H](C=CS(=O)(=O)c1ccccc1)NC(=O)C(CSCc1ccccc1)CSCc1ccccc1. The van der Waals surface area contributed by atoms with E-state index >= 15 is 0 Å². The number of sulfone groups is 1. The maximum Gasteiger partial charge on any atom is 0.225 e. The summed E-state index contributed by atoms with van der Waals surface area (Å²) in [5.74, 6) is 2.91. The number of carbonyl (C=O) groups is 1. The Balaban J connectivity index is 1.66. The van der Waals surface area contributed by atoms with Gasteiger partial charge in [-0.2, -0.15) is 23.5 Å². The fraction of sp³-hybridized carbons (Fsp3) is 0.323. The number of thioether (sulfide) groups is 2. The first kappa shape index (κ1) is 30.1. The third-order valence-electron chi connectivity index (χ3n) is 5.99. The van der Waals surface area contributed by atoms with Crippen LogP contribution in [0.5, 0.6) is 0 Å². The van der Waals surface area contributed by atoms with Crippen LogP contribution in [0.3, 0.4) is 0 Å². The predicted octanol–water partition coefficient (Wildman–Crippen LogP) is 7.13. The van der Waals surface area contributed by atoms with E-state index in [0.29, 0.717) is 17.9 Å². The molecule has 0 aliphatic rings. The van der Waals surface area contributed by atoms with Gasteiger partial charge in [0.05, 0.1) is 10.8 Å². The second-order valence-corrected chi connectivity index (χ2v) is 13.0. The number of rotatable bonds is 16. The Morgan fingerprint density at radius 2 is 1.32 bits per heavy atom. The molecule has 0 spiro atoms. The van der Waals surface area contributed by atoms with Gasteiger partial charge in [-0.3, -0.25) is 4.79 Å². The van der Waals surface area contributed by atoms with E-state index in [-0.39, 0.29) is 22.8 Å². The molecular weight excluding hydrogens is 531 g/mol. The highest BCUT2D eigenvalue weighted by atomic mass is 32.2. The number of carbonyl (C=O) groups excluding carboxylic acids is 1. The number of hydrogen-bond donors (Lipinski definition) is 1. The first-order valence-corrected chi connectivity index (χ1v) is 16.9. The zero-order valence-electron chi connectivity index (χ0n) is 21.9. The molecule has 0 bridgehead atoms. The largest absolute Gasteiger partial charge is 0.350 e. The zero-order valence-corrected chi connectivity index (χ0v) is 24.3. The van der Waals surface area contributed by atoms with Crippen molar-refractivity contribution < 1.29 is 13.2 Å². The van der Waals surface area contributed by atoms with Gasteiger partial charge in [0.25, 0.3) is 0 Å². The van der Waals surface area contributed by atoms with E-state index in [1.807, 2.05) is 36.4 Å². The molecule has 7 heteroatoms. The van der Waals surface area contributed by atoms with Crippen molar-refractivity contribution in [3.8, 4) is 0 Å². The van der Waals surface area contributed by atoms with Gasteiger partial charge < -0.3 is 5.32 Å².